The number of benzene rings is 2. The van der Waals surface area contributed by atoms with Gasteiger partial charge in [-0.3, -0.25) is 9.89 Å². The first-order valence-corrected chi connectivity index (χ1v) is 11.2. The number of nitrogens with zero attached hydrogens (tertiary/aromatic N) is 4. The van der Waals surface area contributed by atoms with Gasteiger partial charge in [0.25, 0.3) is 5.91 Å². The van der Waals surface area contributed by atoms with Crippen molar-refractivity contribution in [1.82, 2.24) is 20.2 Å². The highest BCUT2D eigenvalue weighted by Gasteiger charge is 2.27. The van der Waals surface area contributed by atoms with E-state index in [0.29, 0.717) is 30.4 Å². The Morgan fingerprint density at radius 2 is 1.76 bits per heavy atom. The van der Waals surface area contributed by atoms with E-state index in [-0.39, 0.29) is 11.3 Å². The Bertz CT molecular complexity index is 1310. The number of hydrogen-bond acceptors (Lipinski definition) is 6. The van der Waals surface area contributed by atoms with E-state index >= 15 is 0 Å². The molecule has 0 radical (unpaired) electrons. The molecule has 1 aliphatic heterocycles. The van der Waals surface area contributed by atoms with E-state index in [0.717, 1.165) is 22.8 Å². The summed E-state index contributed by atoms with van der Waals surface area (Å²) in [6.07, 6.45) is 1.74. The molecular formula is C26H27N7O. The fourth-order valence-electron chi connectivity index (χ4n) is 3.94. The summed E-state index contributed by atoms with van der Waals surface area (Å²) < 4.78 is 0. The fourth-order valence-corrected chi connectivity index (χ4v) is 3.94. The van der Waals surface area contributed by atoms with Crippen molar-refractivity contribution in [2.75, 3.05) is 15.5 Å². The topological polar surface area (TPSA) is 98.8 Å². The molecule has 8 heteroatoms. The first kappa shape index (κ1) is 21.6. The Labute approximate surface area is 198 Å². The molecule has 0 spiro atoms. The van der Waals surface area contributed by atoms with Crippen LogP contribution >= 0.6 is 0 Å². The number of hydrogen-bond donors (Lipinski definition) is 3. The van der Waals surface area contributed by atoms with Crippen LogP contribution in [-0.4, -0.2) is 26.1 Å². The molecule has 3 N–H and O–H groups in total. The van der Waals surface area contributed by atoms with Crippen LogP contribution in [0.25, 0.3) is 0 Å². The van der Waals surface area contributed by atoms with Crippen LogP contribution in [0.1, 0.15) is 48.0 Å². The van der Waals surface area contributed by atoms with Crippen molar-refractivity contribution in [1.29, 1.82) is 0 Å². The third-order valence-corrected chi connectivity index (χ3v) is 5.89. The van der Waals surface area contributed by atoms with E-state index in [1.807, 2.05) is 60.7 Å². The molecule has 3 heterocycles. The maximum Gasteiger partial charge on any atom is 0.256 e. The van der Waals surface area contributed by atoms with Gasteiger partial charge < -0.3 is 15.5 Å². The van der Waals surface area contributed by atoms with Crippen LogP contribution in [0.2, 0.25) is 0 Å². The highest BCUT2D eigenvalue weighted by Crippen LogP contribution is 2.31. The first-order valence-electron chi connectivity index (χ1n) is 11.2. The van der Waals surface area contributed by atoms with Gasteiger partial charge in [-0.1, -0.05) is 51.1 Å². The number of carbonyl (C=O) groups excluding carboxylic acids is 1. The number of anilines is 4. The quantitative estimate of drug-likeness (QED) is 0.393. The number of amides is 1. The van der Waals surface area contributed by atoms with Crippen LogP contribution in [0.5, 0.6) is 0 Å². The second kappa shape index (κ2) is 8.62. The molecule has 0 atom stereocenters. The van der Waals surface area contributed by atoms with Gasteiger partial charge in [-0.25, -0.2) is 4.98 Å². The van der Waals surface area contributed by atoms with Gasteiger partial charge in [0, 0.05) is 23.0 Å². The normalized spacial score (nSPS) is 13.0. The maximum absolute atomic E-state index is 12.8. The molecule has 172 valence electrons. The summed E-state index contributed by atoms with van der Waals surface area (Å²) in [6, 6.07) is 19.4. The van der Waals surface area contributed by atoms with E-state index in [9.17, 15) is 4.79 Å². The van der Waals surface area contributed by atoms with Gasteiger partial charge >= 0.3 is 0 Å². The summed E-state index contributed by atoms with van der Waals surface area (Å²) >= 11 is 0. The van der Waals surface area contributed by atoms with Gasteiger partial charge in [-0.2, -0.15) is 10.1 Å². The van der Waals surface area contributed by atoms with Crippen molar-refractivity contribution in [2.45, 2.75) is 39.3 Å². The van der Waals surface area contributed by atoms with Gasteiger partial charge in [0.15, 0.2) is 5.82 Å². The summed E-state index contributed by atoms with van der Waals surface area (Å²) in [6.45, 7) is 7.67. The van der Waals surface area contributed by atoms with Crippen LogP contribution in [0.4, 0.5) is 23.3 Å². The van der Waals surface area contributed by atoms with Crippen molar-refractivity contribution < 1.29 is 4.79 Å². The number of H-pyrrole nitrogens is 1. The molecule has 0 saturated carbocycles. The third-order valence-electron chi connectivity index (χ3n) is 5.89. The summed E-state index contributed by atoms with van der Waals surface area (Å²) in [5.74, 6) is 1.71. The molecule has 8 nitrogen and oxygen atoms in total. The number of aromatic nitrogens is 4. The lowest BCUT2D eigenvalue weighted by atomic mass is 9.87. The zero-order valence-electron chi connectivity index (χ0n) is 19.5. The van der Waals surface area contributed by atoms with E-state index in [1.165, 1.54) is 5.56 Å². The molecule has 4 aromatic rings. The molecule has 0 aliphatic carbocycles. The van der Waals surface area contributed by atoms with Gasteiger partial charge in [-0.05, 0) is 41.3 Å². The second-order valence-electron chi connectivity index (χ2n) is 9.40. The summed E-state index contributed by atoms with van der Waals surface area (Å²) in [5, 5.41) is 13.6. The molecule has 0 saturated heterocycles. The van der Waals surface area contributed by atoms with Crippen LogP contribution in [0, 0.1) is 0 Å². The molecule has 0 bridgehead atoms. The van der Waals surface area contributed by atoms with Crippen molar-refractivity contribution in [3.63, 3.8) is 0 Å². The van der Waals surface area contributed by atoms with Gasteiger partial charge in [0.2, 0.25) is 5.95 Å². The van der Waals surface area contributed by atoms with Crippen molar-refractivity contribution in [2.24, 2.45) is 0 Å². The van der Waals surface area contributed by atoms with Crippen LogP contribution < -0.4 is 15.5 Å². The summed E-state index contributed by atoms with van der Waals surface area (Å²) in [4.78, 5) is 23.9. The number of fused-ring (bicyclic) bond motifs is 1. The molecule has 1 amide bonds. The molecule has 5 rings (SSSR count). The molecule has 34 heavy (non-hydrogen) atoms. The summed E-state index contributed by atoms with van der Waals surface area (Å²) in [5.41, 5.74) is 4.69. The number of carbonyl (C=O) groups is 1. The minimum Gasteiger partial charge on any atom is -0.346 e. The number of nitrogens with one attached hydrogen (secondary N) is 3. The molecule has 2 aromatic heterocycles. The zero-order valence-corrected chi connectivity index (χ0v) is 19.5. The van der Waals surface area contributed by atoms with Crippen molar-refractivity contribution in [3.05, 3.63) is 89.2 Å². The monoisotopic (exact) mass is 453 g/mol. The Morgan fingerprint density at radius 1 is 1.00 bits per heavy atom. The SMILES string of the molecule is CC(C)(C)c1ccc(C(=O)Nc2n[nH]c3c2CN(c2ccnc(Nc4ccccc4)n2)C3)cc1. The Balaban J connectivity index is 1.28. The molecule has 0 fully saturated rings. The molecule has 1 aliphatic rings. The van der Waals surface area contributed by atoms with E-state index in [4.69, 9.17) is 0 Å². The third kappa shape index (κ3) is 4.47. The predicted octanol–water partition coefficient (Wildman–Crippen LogP) is 5.01. The maximum atomic E-state index is 12.8. The summed E-state index contributed by atoms with van der Waals surface area (Å²) in [7, 11) is 0. The van der Waals surface area contributed by atoms with Crippen LogP contribution in [-0.2, 0) is 18.5 Å². The van der Waals surface area contributed by atoms with Gasteiger partial charge in [-0.15, -0.1) is 0 Å². The smallest absolute Gasteiger partial charge is 0.256 e. The minimum atomic E-state index is -0.176. The number of para-hydroxylation sites is 1. The predicted molar refractivity (Wildman–Crippen MR) is 133 cm³/mol. The minimum absolute atomic E-state index is 0.0406. The molecule has 2 aromatic carbocycles. The van der Waals surface area contributed by atoms with Crippen molar-refractivity contribution >= 4 is 29.2 Å². The highest BCUT2D eigenvalue weighted by atomic mass is 16.1. The Hall–Kier alpha value is -4.20. The Kier molecular flexibility index (Phi) is 5.49. The van der Waals surface area contributed by atoms with E-state index in [1.54, 1.807) is 6.20 Å². The molecular weight excluding hydrogens is 426 g/mol. The average Bonchev–Trinajstić information content (AvgIpc) is 3.41. The van der Waals surface area contributed by atoms with Gasteiger partial charge in [0.05, 0.1) is 18.8 Å². The average molecular weight is 454 g/mol. The standard InChI is InChI=1S/C26H27N7O/c1-26(2,3)18-11-9-17(10-12-18)24(34)30-23-20-15-33(16-21(20)31-32-23)22-13-14-27-25(29-22)28-19-7-5-4-6-8-19/h4-14H,15-16H2,1-3H3,(H,27,28,29)(H2,30,31,32,34). The van der Waals surface area contributed by atoms with Crippen LogP contribution in [0.3, 0.4) is 0 Å². The largest absolute Gasteiger partial charge is 0.346 e. The van der Waals surface area contributed by atoms with E-state index in [2.05, 4.69) is 56.5 Å². The van der Waals surface area contributed by atoms with Crippen LogP contribution in [0.15, 0.2) is 66.9 Å². The van der Waals surface area contributed by atoms with E-state index < -0.39 is 0 Å². The van der Waals surface area contributed by atoms with Crippen molar-refractivity contribution in [3.8, 4) is 0 Å². The zero-order chi connectivity index (χ0) is 23.7. The number of rotatable bonds is 5. The highest BCUT2D eigenvalue weighted by molar-refractivity contribution is 6.04. The molecule has 0 unspecified atom stereocenters. The first-order chi connectivity index (χ1) is 16.4. The second-order valence-corrected chi connectivity index (χ2v) is 9.40. The van der Waals surface area contributed by atoms with Gasteiger partial charge in [0.1, 0.15) is 5.82 Å². The number of aromatic amines is 1. The lowest BCUT2D eigenvalue weighted by Crippen LogP contribution is -2.19. The Morgan fingerprint density at radius 3 is 2.50 bits per heavy atom. The lowest BCUT2D eigenvalue weighted by Gasteiger charge is -2.19. The lowest BCUT2D eigenvalue weighted by molar-refractivity contribution is 0.102. The fraction of sp³-hybridized carbons (Fsp3) is 0.231.